The van der Waals surface area contributed by atoms with Gasteiger partial charge in [0.15, 0.2) is 0 Å². The van der Waals surface area contributed by atoms with Crippen LogP contribution in [0.25, 0.3) is 0 Å². The third kappa shape index (κ3) is 9.49. The molecule has 0 amide bonds. The SMILES string of the molecule is CCC1CCC(CNCC(O)COCCCC(C)C)CC1. The molecule has 0 aromatic heterocycles. The molecule has 0 spiro atoms. The second-order valence-corrected chi connectivity index (χ2v) is 7.22. The van der Waals surface area contributed by atoms with Gasteiger partial charge in [-0.3, -0.25) is 0 Å². The van der Waals surface area contributed by atoms with Crippen LogP contribution in [0, 0.1) is 17.8 Å². The van der Waals surface area contributed by atoms with Crippen molar-refractivity contribution in [2.75, 3.05) is 26.3 Å². The third-order valence-corrected chi connectivity index (χ3v) is 4.74. The molecule has 0 saturated heterocycles. The Kier molecular flexibility index (Phi) is 10.3. The fraction of sp³-hybridized carbons (Fsp3) is 1.00. The number of aliphatic hydroxyl groups excluding tert-OH is 1. The minimum absolute atomic E-state index is 0.365. The second-order valence-electron chi connectivity index (χ2n) is 7.22. The van der Waals surface area contributed by atoms with Crippen LogP contribution in [-0.4, -0.2) is 37.5 Å². The fourth-order valence-corrected chi connectivity index (χ4v) is 3.17. The fourth-order valence-electron chi connectivity index (χ4n) is 3.17. The van der Waals surface area contributed by atoms with Gasteiger partial charge in [-0.05, 0) is 50.0 Å². The summed E-state index contributed by atoms with van der Waals surface area (Å²) in [4.78, 5) is 0. The van der Waals surface area contributed by atoms with Crippen molar-refractivity contribution in [2.45, 2.75) is 71.8 Å². The standard InChI is InChI=1S/C18H37NO2/c1-4-16-7-9-17(10-8-16)12-19-13-18(20)14-21-11-5-6-15(2)3/h15-20H,4-14H2,1-3H3. The lowest BCUT2D eigenvalue weighted by Gasteiger charge is -2.28. The van der Waals surface area contributed by atoms with Gasteiger partial charge < -0.3 is 15.2 Å². The molecule has 1 rings (SSSR count). The van der Waals surface area contributed by atoms with Crippen molar-refractivity contribution in [3.63, 3.8) is 0 Å². The van der Waals surface area contributed by atoms with Crippen LogP contribution in [0.4, 0.5) is 0 Å². The van der Waals surface area contributed by atoms with Gasteiger partial charge in [0.25, 0.3) is 0 Å². The van der Waals surface area contributed by atoms with Crippen LogP contribution in [0.15, 0.2) is 0 Å². The molecule has 3 heteroatoms. The molecule has 2 N–H and O–H groups in total. The summed E-state index contributed by atoms with van der Waals surface area (Å²) in [6.07, 6.45) is 8.77. The predicted octanol–water partition coefficient (Wildman–Crippen LogP) is 3.61. The summed E-state index contributed by atoms with van der Waals surface area (Å²) in [5.74, 6) is 2.51. The second kappa shape index (κ2) is 11.4. The quantitative estimate of drug-likeness (QED) is 0.573. The molecular weight excluding hydrogens is 262 g/mol. The van der Waals surface area contributed by atoms with Crippen molar-refractivity contribution in [2.24, 2.45) is 17.8 Å². The Hall–Kier alpha value is -0.120. The van der Waals surface area contributed by atoms with Gasteiger partial charge in [0.05, 0.1) is 12.7 Å². The molecule has 126 valence electrons. The van der Waals surface area contributed by atoms with Gasteiger partial charge in [-0.1, -0.05) is 40.0 Å². The zero-order valence-corrected chi connectivity index (χ0v) is 14.4. The van der Waals surface area contributed by atoms with Crippen molar-refractivity contribution in [1.29, 1.82) is 0 Å². The van der Waals surface area contributed by atoms with Crippen molar-refractivity contribution in [1.82, 2.24) is 5.32 Å². The number of aliphatic hydroxyl groups is 1. The first-order valence-electron chi connectivity index (χ1n) is 9.08. The van der Waals surface area contributed by atoms with E-state index in [4.69, 9.17) is 4.74 Å². The van der Waals surface area contributed by atoms with E-state index in [9.17, 15) is 5.11 Å². The van der Waals surface area contributed by atoms with Gasteiger partial charge >= 0.3 is 0 Å². The number of hydrogen-bond acceptors (Lipinski definition) is 3. The largest absolute Gasteiger partial charge is 0.389 e. The number of rotatable bonds is 11. The average Bonchev–Trinajstić information content (AvgIpc) is 2.47. The van der Waals surface area contributed by atoms with Crippen LogP contribution in [0.2, 0.25) is 0 Å². The van der Waals surface area contributed by atoms with E-state index in [1.807, 2.05) is 0 Å². The monoisotopic (exact) mass is 299 g/mol. The lowest BCUT2D eigenvalue weighted by atomic mass is 9.81. The summed E-state index contributed by atoms with van der Waals surface area (Å²) in [5.41, 5.74) is 0. The van der Waals surface area contributed by atoms with Crippen molar-refractivity contribution in [3.8, 4) is 0 Å². The van der Waals surface area contributed by atoms with Gasteiger partial charge in [-0.2, -0.15) is 0 Å². The highest BCUT2D eigenvalue weighted by atomic mass is 16.5. The number of nitrogens with one attached hydrogen (secondary N) is 1. The van der Waals surface area contributed by atoms with E-state index in [0.717, 1.165) is 37.3 Å². The van der Waals surface area contributed by atoms with E-state index in [1.54, 1.807) is 0 Å². The molecule has 1 fully saturated rings. The van der Waals surface area contributed by atoms with E-state index in [0.29, 0.717) is 13.2 Å². The van der Waals surface area contributed by atoms with E-state index in [-0.39, 0.29) is 6.10 Å². The molecule has 0 aliphatic heterocycles. The first-order chi connectivity index (χ1) is 10.1. The maximum absolute atomic E-state index is 9.88. The molecule has 1 aliphatic carbocycles. The van der Waals surface area contributed by atoms with Crippen LogP contribution >= 0.6 is 0 Å². The van der Waals surface area contributed by atoms with E-state index in [1.165, 1.54) is 38.5 Å². The van der Waals surface area contributed by atoms with E-state index in [2.05, 4.69) is 26.1 Å². The average molecular weight is 299 g/mol. The lowest BCUT2D eigenvalue weighted by molar-refractivity contribution is 0.0341. The molecular formula is C18H37NO2. The summed E-state index contributed by atoms with van der Waals surface area (Å²) >= 11 is 0. The molecule has 0 aromatic rings. The Morgan fingerprint density at radius 2 is 1.81 bits per heavy atom. The predicted molar refractivity (Wildman–Crippen MR) is 89.5 cm³/mol. The molecule has 0 radical (unpaired) electrons. The molecule has 1 saturated carbocycles. The Morgan fingerprint density at radius 1 is 1.14 bits per heavy atom. The van der Waals surface area contributed by atoms with Gasteiger partial charge in [-0.15, -0.1) is 0 Å². The van der Waals surface area contributed by atoms with Crippen molar-refractivity contribution >= 4 is 0 Å². The van der Waals surface area contributed by atoms with E-state index >= 15 is 0 Å². The highest BCUT2D eigenvalue weighted by Crippen LogP contribution is 2.29. The molecule has 1 atom stereocenters. The van der Waals surface area contributed by atoms with Crippen LogP contribution < -0.4 is 5.32 Å². The Morgan fingerprint density at radius 3 is 2.43 bits per heavy atom. The third-order valence-electron chi connectivity index (χ3n) is 4.74. The highest BCUT2D eigenvalue weighted by Gasteiger charge is 2.19. The molecule has 0 aromatic carbocycles. The molecule has 21 heavy (non-hydrogen) atoms. The zero-order chi connectivity index (χ0) is 15.5. The summed E-state index contributed by atoms with van der Waals surface area (Å²) in [5, 5.41) is 13.3. The smallest absolute Gasteiger partial charge is 0.0897 e. The number of hydrogen-bond donors (Lipinski definition) is 2. The summed E-state index contributed by atoms with van der Waals surface area (Å²) < 4.78 is 5.53. The molecule has 3 nitrogen and oxygen atoms in total. The summed E-state index contributed by atoms with van der Waals surface area (Å²) in [7, 11) is 0. The topological polar surface area (TPSA) is 41.5 Å². The Balaban J connectivity index is 1.92. The maximum atomic E-state index is 9.88. The van der Waals surface area contributed by atoms with Crippen LogP contribution in [0.1, 0.15) is 65.7 Å². The molecule has 1 unspecified atom stereocenters. The van der Waals surface area contributed by atoms with Crippen LogP contribution in [-0.2, 0) is 4.74 Å². The first kappa shape index (κ1) is 18.9. The molecule has 0 bridgehead atoms. The Bertz CT molecular complexity index is 237. The van der Waals surface area contributed by atoms with Gasteiger partial charge in [0.2, 0.25) is 0 Å². The van der Waals surface area contributed by atoms with Crippen molar-refractivity contribution < 1.29 is 9.84 Å². The first-order valence-corrected chi connectivity index (χ1v) is 9.08. The van der Waals surface area contributed by atoms with Gasteiger partial charge in [0, 0.05) is 13.2 Å². The minimum atomic E-state index is -0.365. The number of ether oxygens (including phenoxy) is 1. The summed E-state index contributed by atoms with van der Waals surface area (Å²) in [6, 6.07) is 0. The van der Waals surface area contributed by atoms with Gasteiger partial charge in [0.1, 0.15) is 0 Å². The van der Waals surface area contributed by atoms with Crippen LogP contribution in [0.5, 0.6) is 0 Å². The van der Waals surface area contributed by atoms with E-state index < -0.39 is 0 Å². The molecule has 1 aliphatic rings. The van der Waals surface area contributed by atoms with Crippen LogP contribution in [0.3, 0.4) is 0 Å². The normalized spacial score (nSPS) is 24.4. The lowest BCUT2D eigenvalue weighted by Crippen LogP contribution is -2.34. The maximum Gasteiger partial charge on any atom is 0.0897 e. The zero-order valence-electron chi connectivity index (χ0n) is 14.4. The highest BCUT2D eigenvalue weighted by molar-refractivity contribution is 4.74. The Labute approximate surface area is 131 Å². The van der Waals surface area contributed by atoms with Crippen molar-refractivity contribution in [3.05, 3.63) is 0 Å². The minimum Gasteiger partial charge on any atom is -0.389 e. The van der Waals surface area contributed by atoms with Gasteiger partial charge in [-0.25, -0.2) is 0 Å². The molecule has 0 heterocycles. The summed E-state index contributed by atoms with van der Waals surface area (Å²) in [6.45, 7) is 9.73.